The Bertz CT molecular complexity index is 1250. The maximum atomic E-state index is 13.3. The van der Waals surface area contributed by atoms with Crippen molar-refractivity contribution in [3.05, 3.63) is 63.9 Å². The molecule has 2 N–H and O–H groups in total. The molecule has 0 spiro atoms. The molecule has 0 radical (unpaired) electrons. The zero-order valence-corrected chi connectivity index (χ0v) is 18.8. The molecular weight excluding hydrogens is 450 g/mol. The Morgan fingerprint density at radius 1 is 1.24 bits per heavy atom. The Kier molecular flexibility index (Phi) is 5.49. The lowest BCUT2D eigenvalue weighted by Gasteiger charge is -2.30. The van der Waals surface area contributed by atoms with E-state index in [9.17, 15) is 24.3 Å². The lowest BCUT2D eigenvalue weighted by Crippen LogP contribution is -2.47. The van der Waals surface area contributed by atoms with Gasteiger partial charge in [-0.2, -0.15) is 0 Å². The predicted octanol–water partition coefficient (Wildman–Crippen LogP) is 2.88. The number of nitrogens with one attached hydrogen (secondary N) is 1. The number of phenolic OH excluding ortho intramolecular Hbond substituents is 1. The average molecular weight is 470 g/mol. The number of fused-ring (bicyclic) bond motifs is 3. The summed E-state index contributed by atoms with van der Waals surface area (Å²) in [6, 6.07) is 8.10. The first-order chi connectivity index (χ1) is 15.6. The van der Waals surface area contributed by atoms with E-state index >= 15 is 0 Å². The molecule has 2 atom stereocenters. The van der Waals surface area contributed by atoms with E-state index < -0.39 is 34.6 Å². The second-order valence-corrected chi connectivity index (χ2v) is 8.47. The van der Waals surface area contributed by atoms with Crippen LogP contribution in [0.5, 0.6) is 17.2 Å². The number of Topliss-reactive ketones (excluding diaryl/α,β-unsaturated/α-hetero) is 2. The minimum absolute atomic E-state index is 0.00921. The van der Waals surface area contributed by atoms with Crippen molar-refractivity contribution in [1.82, 2.24) is 5.32 Å². The summed E-state index contributed by atoms with van der Waals surface area (Å²) < 4.78 is 11.1. The lowest BCUT2D eigenvalue weighted by atomic mass is 9.67. The van der Waals surface area contributed by atoms with Gasteiger partial charge in [-0.1, -0.05) is 23.7 Å². The number of halogens is 1. The average Bonchev–Trinajstić information content (AvgIpc) is 3.06. The number of aromatic hydroxyl groups is 1. The van der Waals surface area contributed by atoms with Gasteiger partial charge in [0.05, 0.1) is 12.7 Å². The van der Waals surface area contributed by atoms with Crippen LogP contribution in [-0.4, -0.2) is 35.5 Å². The Hall–Kier alpha value is -3.65. The van der Waals surface area contributed by atoms with Crippen LogP contribution in [0.15, 0.2) is 42.2 Å². The van der Waals surface area contributed by atoms with Crippen LogP contribution in [0.25, 0.3) is 0 Å². The molecule has 1 heterocycles. The summed E-state index contributed by atoms with van der Waals surface area (Å²) in [5.41, 5.74) is -0.858. The van der Waals surface area contributed by atoms with Gasteiger partial charge in [-0.15, -0.1) is 0 Å². The third-order valence-corrected chi connectivity index (χ3v) is 6.21. The fourth-order valence-electron chi connectivity index (χ4n) is 4.22. The number of methoxy groups -OCH3 is 1. The first-order valence-electron chi connectivity index (χ1n) is 10.0. The number of carbonyl (C=O) groups excluding carboxylic acids is 4. The van der Waals surface area contributed by atoms with Crippen molar-refractivity contribution < 1.29 is 33.8 Å². The number of benzene rings is 2. The van der Waals surface area contributed by atoms with E-state index in [1.54, 1.807) is 24.3 Å². The highest BCUT2D eigenvalue weighted by Crippen LogP contribution is 2.56. The van der Waals surface area contributed by atoms with E-state index in [0.29, 0.717) is 5.02 Å². The molecule has 4 rings (SSSR count). The van der Waals surface area contributed by atoms with Crippen molar-refractivity contribution in [3.63, 3.8) is 0 Å². The summed E-state index contributed by atoms with van der Waals surface area (Å²) >= 11 is 5.89. The number of carbonyl (C=O) groups is 4. The summed E-state index contributed by atoms with van der Waals surface area (Å²) in [6.07, 6.45) is 1.08. The van der Waals surface area contributed by atoms with Crippen molar-refractivity contribution >= 4 is 34.9 Å². The van der Waals surface area contributed by atoms with E-state index in [-0.39, 0.29) is 40.7 Å². The maximum absolute atomic E-state index is 13.3. The van der Waals surface area contributed by atoms with Crippen molar-refractivity contribution in [3.8, 4) is 17.2 Å². The van der Waals surface area contributed by atoms with Gasteiger partial charge in [0.2, 0.25) is 0 Å². The third kappa shape index (κ3) is 3.47. The van der Waals surface area contributed by atoms with Gasteiger partial charge >= 0.3 is 0 Å². The minimum atomic E-state index is -1.61. The van der Waals surface area contributed by atoms with Crippen LogP contribution < -0.4 is 14.8 Å². The predicted molar refractivity (Wildman–Crippen MR) is 118 cm³/mol. The fourth-order valence-corrected chi connectivity index (χ4v) is 4.35. The summed E-state index contributed by atoms with van der Waals surface area (Å²) in [5, 5.41) is 14.1. The van der Waals surface area contributed by atoms with Gasteiger partial charge < -0.3 is 19.9 Å². The molecule has 1 aliphatic heterocycles. The topological polar surface area (TPSA) is 119 Å². The van der Waals surface area contributed by atoms with Crippen LogP contribution in [0.3, 0.4) is 0 Å². The highest BCUT2D eigenvalue weighted by molar-refractivity contribution is 6.30. The monoisotopic (exact) mass is 469 g/mol. The van der Waals surface area contributed by atoms with Crippen LogP contribution in [-0.2, 0) is 26.3 Å². The fraction of sp³-hybridized carbons (Fsp3) is 0.250. The number of ketones is 3. The van der Waals surface area contributed by atoms with E-state index in [2.05, 4.69) is 5.32 Å². The number of rotatable bonds is 5. The summed E-state index contributed by atoms with van der Waals surface area (Å²) in [6.45, 7) is 2.78. The SMILES string of the molecule is COc1cc(O)c2c(c1C(=O)NCc1ccc(Cl)cc1)OC1=CC(=O)C(C(C)=O)C(=O)[C@]12C. The molecule has 170 valence electrons. The molecule has 2 aliphatic rings. The molecule has 0 saturated heterocycles. The van der Waals surface area contributed by atoms with Crippen LogP contribution in [0.4, 0.5) is 0 Å². The van der Waals surface area contributed by atoms with Crippen molar-refractivity contribution in [2.75, 3.05) is 7.11 Å². The van der Waals surface area contributed by atoms with Crippen LogP contribution in [0, 0.1) is 5.92 Å². The Balaban J connectivity index is 1.80. The van der Waals surface area contributed by atoms with Gasteiger partial charge in [-0.05, 0) is 31.5 Å². The Morgan fingerprint density at radius 3 is 2.52 bits per heavy atom. The molecule has 2 aromatic carbocycles. The summed E-state index contributed by atoms with van der Waals surface area (Å²) in [7, 11) is 1.32. The maximum Gasteiger partial charge on any atom is 0.259 e. The quantitative estimate of drug-likeness (QED) is 0.646. The molecule has 0 saturated carbocycles. The standard InChI is InChI=1S/C24H20ClNO7/c1-11(27)18-14(28)9-17-24(2,22(18)30)20-15(29)8-16(32-3)19(21(20)33-17)23(31)26-10-12-4-6-13(25)7-5-12/h4-9,18,29H,10H2,1-3H3,(H,26,31)/t18?,24-/m1/s1. The molecule has 8 nitrogen and oxygen atoms in total. The van der Waals surface area contributed by atoms with Gasteiger partial charge in [0, 0.05) is 23.7 Å². The molecule has 0 fully saturated rings. The molecule has 2 aromatic rings. The highest BCUT2D eigenvalue weighted by Gasteiger charge is 2.58. The van der Waals surface area contributed by atoms with Crippen LogP contribution >= 0.6 is 11.6 Å². The molecular formula is C24H20ClNO7. The molecule has 1 amide bonds. The number of ether oxygens (including phenoxy) is 2. The molecule has 0 aromatic heterocycles. The lowest BCUT2D eigenvalue weighted by molar-refractivity contribution is -0.140. The van der Waals surface area contributed by atoms with E-state index in [1.807, 2.05) is 0 Å². The number of phenols is 1. The molecule has 0 bridgehead atoms. The molecule has 1 aliphatic carbocycles. The Labute approximate surface area is 194 Å². The van der Waals surface area contributed by atoms with Gasteiger partial charge in [0.25, 0.3) is 5.91 Å². The first-order valence-corrected chi connectivity index (χ1v) is 10.4. The largest absolute Gasteiger partial charge is 0.507 e. The smallest absolute Gasteiger partial charge is 0.259 e. The number of hydrogen-bond acceptors (Lipinski definition) is 7. The summed E-state index contributed by atoms with van der Waals surface area (Å²) in [5.74, 6) is -4.60. The zero-order chi connectivity index (χ0) is 24.1. The molecule has 9 heteroatoms. The molecule has 1 unspecified atom stereocenters. The minimum Gasteiger partial charge on any atom is -0.507 e. The van der Waals surface area contributed by atoms with Gasteiger partial charge in [0.1, 0.15) is 39.9 Å². The van der Waals surface area contributed by atoms with Gasteiger partial charge in [-0.3, -0.25) is 19.2 Å². The molecule has 33 heavy (non-hydrogen) atoms. The highest BCUT2D eigenvalue weighted by atomic mass is 35.5. The third-order valence-electron chi connectivity index (χ3n) is 5.96. The van der Waals surface area contributed by atoms with E-state index in [1.165, 1.54) is 20.1 Å². The van der Waals surface area contributed by atoms with Gasteiger partial charge in [0.15, 0.2) is 17.3 Å². The van der Waals surface area contributed by atoms with Crippen LogP contribution in [0.2, 0.25) is 5.02 Å². The van der Waals surface area contributed by atoms with Crippen LogP contribution in [0.1, 0.15) is 35.3 Å². The zero-order valence-electron chi connectivity index (χ0n) is 18.0. The van der Waals surface area contributed by atoms with Crippen molar-refractivity contribution in [2.45, 2.75) is 25.8 Å². The van der Waals surface area contributed by atoms with E-state index in [4.69, 9.17) is 21.1 Å². The summed E-state index contributed by atoms with van der Waals surface area (Å²) in [4.78, 5) is 50.8. The number of hydrogen-bond donors (Lipinski definition) is 2. The number of amides is 1. The first kappa shape index (κ1) is 22.5. The van der Waals surface area contributed by atoms with Crippen molar-refractivity contribution in [2.24, 2.45) is 5.92 Å². The van der Waals surface area contributed by atoms with E-state index in [0.717, 1.165) is 18.6 Å². The normalized spacial score (nSPS) is 21.0. The van der Waals surface area contributed by atoms with Crippen molar-refractivity contribution in [1.29, 1.82) is 0 Å². The second kappa shape index (κ2) is 8.04. The number of allylic oxidation sites excluding steroid dienone is 2. The van der Waals surface area contributed by atoms with Gasteiger partial charge in [-0.25, -0.2) is 0 Å². The Morgan fingerprint density at radius 2 is 1.91 bits per heavy atom. The second-order valence-electron chi connectivity index (χ2n) is 8.03.